The highest BCUT2D eigenvalue weighted by Gasteiger charge is 2.08. The fourth-order valence-corrected chi connectivity index (χ4v) is 1.79. The summed E-state index contributed by atoms with van der Waals surface area (Å²) in [5.74, 6) is -0.588. The van der Waals surface area contributed by atoms with Crippen molar-refractivity contribution in [3.63, 3.8) is 0 Å². The molecule has 82 valence electrons. The van der Waals surface area contributed by atoms with E-state index in [1.54, 1.807) is 18.2 Å². The standard InChI is InChI=1S/C11H5Cl3FN/c12-7-1-2-9(13)8(4-7)6-3-10(15)11(14)16-5-6/h1-5H. The van der Waals surface area contributed by atoms with Gasteiger partial charge in [0.15, 0.2) is 11.0 Å². The lowest BCUT2D eigenvalue weighted by atomic mass is 10.1. The van der Waals surface area contributed by atoms with Crippen molar-refractivity contribution in [3.8, 4) is 11.1 Å². The van der Waals surface area contributed by atoms with Gasteiger partial charge in [0.2, 0.25) is 0 Å². The molecule has 0 fully saturated rings. The van der Waals surface area contributed by atoms with Gasteiger partial charge in [-0.1, -0.05) is 34.8 Å². The van der Waals surface area contributed by atoms with Gasteiger partial charge in [-0.25, -0.2) is 9.37 Å². The van der Waals surface area contributed by atoms with Gasteiger partial charge in [-0.2, -0.15) is 0 Å². The second-order valence-electron chi connectivity index (χ2n) is 3.12. The lowest BCUT2D eigenvalue weighted by Gasteiger charge is -2.05. The molecule has 0 bridgehead atoms. The van der Waals surface area contributed by atoms with Crippen LogP contribution >= 0.6 is 34.8 Å². The molecule has 2 aromatic rings. The molecule has 0 spiro atoms. The van der Waals surface area contributed by atoms with Crippen molar-refractivity contribution in [2.75, 3.05) is 0 Å². The Hall–Kier alpha value is -0.830. The van der Waals surface area contributed by atoms with Crippen LogP contribution in [0.25, 0.3) is 11.1 Å². The highest BCUT2D eigenvalue weighted by atomic mass is 35.5. The Morgan fingerprint density at radius 1 is 1.06 bits per heavy atom. The van der Waals surface area contributed by atoms with Crippen molar-refractivity contribution < 1.29 is 4.39 Å². The highest BCUT2D eigenvalue weighted by Crippen LogP contribution is 2.31. The number of pyridine rings is 1. The molecule has 0 aliphatic carbocycles. The van der Waals surface area contributed by atoms with Gasteiger partial charge >= 0.3 is 0 Å². The van der Waals surface area contributed by atoms with Gasteiger partial charge in [0, 0.05) is 27.4 Å². The summed E-state index contributed by atoms with van der Waals surface area (Å²) in [7, 11) is 0. The summed E-state index contributed by atoms with van der Waals surface area (Å²) in [5, 5.41) is 0.838. The van der Waals surface area contributed by atoms with Crippen molar-refractivity contribution in [1.82, 2.24) is 4.98 Å². The SMILES string of the molecule is Fc1cc(-c2cc(Cl)ccc2Cl)cnc1Cl. The normalized spacial score (nSPS) is 10.5. The summed E-state index contributed by atoms with van der Waals surface area (Å²) < 4.78 is 13.2. The Morgan fingerprint density at radius 3 is 2.50 bits per heavy atom. The molecular formula is C11H5Cl3FN. The maximum atomic E-state index is 13.2. The van der Waals surface area contributed by atoms with Gasteiger partial charge in [-0.05, 0) is 24.3 Å². The highest BCUT2D eigenvalue weighted by molar-refractivity contribution is 6.35. The maximum Gasteiger partial charge on any atom is 0.164 e. The van der Waals surface area contributed by atoms with E-state index in [-0.39, 0.29) is 5.15 Å². The van der Waals surface area contributed by atoms with E-state index in [1.165, 1.54) is 12.3 Å². The first-order valence-electron chi connectivity index (χ1n) is 4.34. The molecule has 1 aromatic heterocycles. The van der Waals surface area contributed by atoms with E-state index < -0.39 is 5.82 Å². The van der Waals surface area contributed by atoms with E-state index in [1.807, 2.05) is 0 Å². The Labute approximate surface area is 107 Å². The number of hydrogen-bond acceptors (Lipinski definition) is 1. The molecule has 16 heavy (non-hydrogen) atoms. The average Bonchev–Trinajstić information content (AvgIpc) is 2.26. The summed E-state index contributed by atoms with van der Waals surface area (Å²) >= 11 is 17.3. The van der Waals surface area contributed by atoms with Gasteiger partial charge in [0.25, 0.3) is 0 Å². The van der Waals surface area contributed by atoms with E-state index in [0.29, 0.717) is 21.2 Å². The second-order valence-corrected chi connectivity index (χ2v) is 4.32. The molecule has 0 aliphatic rings. The lowest BCUT2D eigenvalue weighted by molar-refractivity contribution is 0.622. The molecule has 0 N–H and O–H groups in total. The van der Waals surface area contributed by atoms with Crippen LogP contribution in [0.15, 0.2) is 30.5 Å². The van der Waals surface area contributed by atoms with E-state index in [4.69, 9.17) is 34.8 Å². The zero-order valence-electron chi connectivity index (χ0n) is 7.85. The minimum atomic E-state index is -0.588. The van der Waals surface area contributed by atoms with Crippen LogP contribution in [-0.4, -0.2) is 4.98 Å². The molecule has 5 heteroatoms. The van der Waals surface area contributed by atoms with Crippen LogP contribution in [0.3, 0.4) is 0 Å². The smallest absolute Gasteiger partial charge is 0.164 e. The van der Waals surface area contributed by atoms with E-state index in [2.05, 4.69) is 4.98 Å². The van der Waals surface area contributed by atoms with E-state index in [9.17, 15) is 4.39 Å². The molecule has 0 saturated heterocycles. The van der Waals surface area contributed by atoms with Crippen LogP contribution in [0.2, 0.25) is 15.2 Å². The van der Waals surface area contributed by atoms with Crippen molar-refractivity contribution in [2.45, 2.75) is 0 Å². The number of halogens is 4. The lowest BCUT2D eigenvalue weighted by Crippen LogP contribution is -1.86. The first-order chi connectivity index (χ1) is 7.58. The number of hydrogen-bond donors (Lipinski definition) is 0. The van der Waals surface area contributed by atoms with Gasteiger partial charge in [-0.3, -0.25) is 0 Å². The monoisotopic (exact) mass is 275 g/mol. The van der Waals surface area contributed by atoms with Crippen molar-refractivity contribution in [2.24, 2.45) is 0 Å². The quantitative estimate of drug-likeness (QED) is 0.679. The molecule has 2 rings (SSSR count). The average molecular weight is 277 g/mol. The topological polar surface area (TPSA) is 12.9 Å². The zero-order chi connectivity index (χ0) is 11.7. The molecule has 1 heterocycles. The van der Waals surface area contributed by atoms with Crippen LogP contribution in [0.5, 0.6) is 0 Å². The summed E-state index contributed by atoms with van der Waals surface area (Å²) in [6.45, 7) is 0. The Kier molecular flexibility index (Phi) is 3.33. The van der Waals surface area contributed by atoms with E-state index in [0.717, 1.165) is 0 Å². The molecule has 0 unspecified atom stereocenters. The molecule has 1 nitrogen and oxygen atoms in total. The Morgan fingerprint density at radius 2 is 1.81 bits per heavy atom. The first-order valence-corrected chi connectivity index (χ1v) is 5.48. The largest absolute Gasteiger partial charge is 0.241 e. The predicted molar refractivity (Wildman–Crippen MR) is 64.7 cm³/mol. The Balaban J connectivity index is 2.58. The molecule has 0 amide bonds. The number of benzene rings is 1. The van der Waals surface area contributed by atoms with Gasteiger partial charge in [0.1, 0.15) is 0 Å². The minimum absolute atomic E-state index is 0.165. The summed E-state index contributed by atoms with van der Waals surface area (Å²) in [4.78, 5) is 3.71. The van der Waals surface area contributed by atoms with Crippen LogP contribution in [-0.2, 0) is 0 Å². The summed E-state index contributed by atoms with van der Waals surface area (Å²) in [5.41, 5.74) is 1.16. The number of aromatic nitrogens is 1. The molecular weight excluding hydrogens is 271 g/mol. The van der Waals surface area contributed by atoms with Gasteiger partial charge in [0.05, 0.1) is 0 Å². The fraction of sp³-hybridized carbons (Fsp3) is 0. The second kappa shape index (κ2) is 4.58. The predicted octanol–water partition coefficient (Wildman–Crippen LogP) is 4.85. The third-order valence-corrected chi connectivity index (χ3v) is 2.88. The van der Waals surface area contributed by atoms with Crippen molar-refractivity contribution in [3.05, 3.63) is 51.5 Å². The van der Waals surface area contributed by atoms with Gasteiger partial charge < -0.3 is 0 Å². The van der Waals surface area contributed by atoms with Crippen LogP contribution in [0.4, 0.5) is 4.39 Å². The minimum Gasteiger partial charge on any atom is -0.241 e. The Bertz CT molecular complexity index is 543. The van der Waals surface area contributed by atoms with Crippen molar-refractivity contribution in [1.29, 1.82) is 0 Å². The molecule has 0 radical (unpaired) electrons. The maximum absolute atomic E-state index is 13.2. The van der Waals surface area contributed by atoms with E-state index >= 15 is 0 Å². The van der Waals surface area contributed by atoms with Crippen LogP contribution in [0.1, 0.15) is 0 Å². The van der Waals surface area contributed by atoms with Crippen LogP contribution < -0.4 is 0 Å². The molecule has 0 aliphatic heterocycles. The number of nitrogens with zero attached hydrogens (tertiary/aromatic N) is 1. The van der Waals surface area contributed by atoms with Crippen molar-refractivity contribution >= 4 is 34.8 Å². The molecule has 1 aromatic carbocycles. The zero-order valence-corrected chi connectivity index (χ0v) is 10.1. The third-order valence-electron chi connectivity index (χ3n) is 2.04. The first kappa shape index (κ1) is 11.6. The third kappa shape index (κ3) is 2.29. The van der Waals surface area contributed by atoms with Gasteiger partial charge in [-0.15, -0.1) is 0 Å². The summed E-state index contributed by atoms with van der Waals surface area (Å²) in [6, 6.07) is 6.22. The molecule has 0 atom stereocenters. The molecule has 0 saturated carbocycles. The fourth-order valence-electron chi connectivity index (χ4n) is 1.29. The van der Waals surface area contributed by atoms with Crippen LogP contribution in [0, 0.1) is 5.82 Å². The summed E-state index contributed by atoms with van der Waals surface area (Å²) in [6.07, 6.45) is 1.45. The number of rotatable bonds is 1.